The molecule has 4 atom stereocenters. The van der Waals surface area contributed by atoms with Gasteiger partial charge in [-0.15, -0.1) is 21.5 Å². The van der Waals surface area contributed by atoms with E-state index in [0.717, 1.165) is 53.0 Å². The molecule has 2 aromatic heterocycles. The van der Waals surface area contributed by atoms with Gasteiger partial charge in [-0.05, 0) is 80.7 Å². The van der Waals surface area contributed by atoms with Gasteiger partial charge in [0.2, 0.25) is 5.91 Å². The van der Waals surface area contributed by atoms with Crippen molar-refractivity contribution in [3.8, 4) is 0 Å². The zero-order chi connectivity index (χ0) is 18.9. The van der Waals surface area contributed by atoms with Crippen LogP contribution in [0.1, 0.15) is 43.5 Å². The predicted octanol–water partition coefficient (Wildman–Crippen LogP) is 3.53. The number of hydrogen-bond acceptors (Lipinski definition) is 6. The third kappa shape index (κ3) is 2.36. The van der Waals surface area contributed by atoms with E-state index < -0.39 is 0 Å². The topological polar surface area (TPSA) is 85.6 Å². The summed E-state index contributed by atoms with van der Waals surface area (Å²) < 4.78 is 1.11. The third-order valence-electron chi connectivity index (χ3n) is 7.04. The lowest BCUT2D eigenvalue weighted by Crippen LogP contribution is -2.60. The van der Waals surface area contributed by atoms with Crippen LogP contribution in [0.15, 0.2) is 24.5 Å². The Morgan fingerprint density at radius 1 is 1.25 bits per heavy atom. The van der Waals surface area contributed by atoms with E-state index in [1.165, 1.54) is 12.7 Å². The van der Waals surface area contributed by atoms with Gasteiger partial charge in [0.05, 0.1) is 26.2 Å². The van der Waals surface area contributed by atoms with Crippen LogP contribution in [0.2, 0.25) is 0 Å². The first kappa shape index (κ1) is 16.6. The van der Waals surface area contributed by atoms with Crippen molar-refractivity contribution in [1.29, 1.82) is 0 Å². The number of nitrogens with one attached hydrogen (secondary N) is 1. The quantitative estimate of drug-likeness (QED) is 0.734. The largest absolute Gasteiger partial charge is 0.326 e. The van der Waals surface area contributed by atoms with E-state index >= 15 is 0 Å². The second kappa shape index (κ2) is 5.59. The van der Waals surface area contributed by atoms with Crippen molar-refractivity contribution in [3.05, 3.63) is 29.5 Å². The van der Waals surface area contributed by atoms with Crippen LogP contribution in [0.5, 0.6) is 0 Å². The molecule has 1 N–H and O–H groups in total. The minimum atomic E-state index is -0.323. The summed E-state index contributed by atoms with van der Waals surface area (Å²) in [6.07, 6.45) is 7.66. The van der Waals surface area contributed by atoms with Gasteiger partial charge in [-0.1, -0.05) is 0 Å². The summed E-state index contributed by atoms with van der Waals surface area (Å²) in [7, 11) is 0. The van der Waals surface area contributed by atoms with Gasteiger partial charge in [0, 0.05) is 5.69 Å². The number of thiazole rings is 1. The first-order valence-corrected chi connectivity index (χ1v) is 10.8. The Kier molecular flexibility index (Phi) is 3.31. The van der Waals surface area contributed by atoms with Gasteiger partial charge >= 0.3 is 0 Å². The number of aromatic nitrogens is 5. The number of anilines is 1. The number of nitrogens with zero attached hydrogens (tertiary/aromatic N) is 5. The van der Waals surface area contributed by atoms with E-state index in [1.807, 2.05) is 25.1 Å². The normalized spacial score (nSPS) is 33.5. The third-order valence-corrected chi connectivity index (χ3v) is 7.97. The van der Waals surface area contributed by atoms with Crippen LogP contribution in [0.3, 0.4) is 0 Å². The molecule has 4 bridgehead atoms. The maximum Gasteiger partial charge on any atom is 0.230 e. The molecule has 0 radical (unpaired) electrons. The molecule has 1 amide bonds. The van der Waals surface area contributed by atoms with Crippen molar-refractivity contribution in [1.82, 2.24) is 25.2 Å². The number of rotatable bonds is 3. The highest BCUT2D eigenvalue weighted by Crippen LogP contribution is 2.64. The highest BCUT2D eigenvalue weighted by atomic mass is 32.1. The summed E-state index contributed by atoms with van der Waals surface area (Å²) in [5.74, 6) is 1.31. The molecular formula is C20H22N6OS. The Balaban J connectivity index is 1.32. The van der Waals surface area contributed by atoms with Crippen LogP contribution in [-0.4, -0.2) is 31.1 Å². The smallest absolute Gasteiger partial charge is 0.230 e. The van der Waals surface area contributed by atoms with Crippen LogP contribution < -0.4 is 5.32 Å². The lowest BCUT2D eigenvalue weighted by atomic mass is 9.46. The standard InChI is InChI=1S/C20H22N6OS/c1-12-23-16-3-2-15(5-17(16)28-12)24-18(27)19-6-13-4-14(7-19)9-20(8-13,10-19)26-22-11-21-25-26/h2-3,5,11,13-14H,4,6-10H2,1H3,(H,24,27)/t13-,14+,19?,20?. The van der Waals surface area contributed by atoms with E-state index in [1.54, 1.807) is 16.1 Å². The molecule has 7 nitrogen and oxygen atoms in total. The Morgan fingerprint density at radius 2 is 2.07 bits per heavy atom. The van der Waals surface area contributed by atoms with Crippen molar-refractivity contribution < 1.29 is 4.79 Å². The number of hydrogen-bond donors (Lipinski definition) is 1. The van der Waals surface area contributed by atoms with Crippen LogP contribution in [0.25, 0.3) is 10.2 Å². The molecule has 0 saturated heterocycles. The molecule has 7 rings (SSSR count). The molecule has 4 fully saturated rings. The summed E-state index contributed by atoms with van der Waals surface area (Å²) in [5.41, 5.74) is 1.39. The Hall–Kier alpha value is -2.35. The molecule has 28 heavy (non-hydrogen) atoms. The van der Waals surface area contributed by atoms with Gasteiger partial charge in [0.1, 0.15) is 0 Å². The van der Waals surface area contributed by atoms with Gasteiger partial charge in [-0.25, -0.2) is 4.98 Å². The van der Waals surface area contributed by atoms with Crippen LogP contribution in [0.4, 0.5) is 5.69 Å². The Labute approximate surface area is 166 Å². The average Bonchev–Trinajstić information content (AvgIpc) is 3.29. The van der Waals surface area contributed by atoms with E-state index in [2.05, 4.69) is 25.7 Å². The van der Waals surface area contributed by atoms with Gasteiger partial charge in [-0.3, -0.25) is 4.79 Å². The van der Waals surface area contributed by atoms with Crippen LogP contribution in [0, 0.1) is 24.2 Å². The molecule has 2 heterocycles. The summed E-state index contributed by atoms with van der Waals surface area (Å²) in [6, 6.07) is 6.01. The fraction of sp³-hybridized carbons (Fsp3) is 0.550. The predicted molar refractivity (Wildman–Crippen MR) is 106 cm³/mol. The van der Waals surface area contributed by atoms with E-state index in [4.69, 9.17) is 0 Å². The van der Waals surface area contributed by atoms with E-state index in [-0.39, 0.29) is 16.9 Å². The van der Waals surface area contributed by atoms with E-state index in [9.17, 15) is 4.79 Å². The zero-order valence-electron chi connectivity index (χ0n) is 15.8. The highest BCUT2D eigenvalue weighted by molar-refractivity contribution is 7.18. The fourth-order valence-corrected chi connectivity index (χ4v) is 7.35. The molecule has 0 aliphatic heterocycles. The number of carbonyl (C=O) groups excluding carboxylic acids is 1. The molecule has 0 spiro atoms. The molecule has 1 aromatic carbocycles. The number of fused-ring (bicyclic) bond motifs is 1. The number of amides is 1. The molecule has 4 aliphatic rings. The number of benzene rings is 1. The minimum Gasteiger partial charge on any atom is -0.326 e. The van der Waals surface area contributed by atoms with Gasteiger partial charge < -0.3 is 5.32 Å². The number of tetrazole rings is 1. The van der Waals surface area contributed by atoms with Crippen LogP contribution >= 0.6 is 11.3 Å². The second-order valence-corrected chi connectivity index (χ2v) is 10.3. The SMILES string of the molecule is Cc1nc2ccc(NC(=O)C34C[C@H]5C[C@@H](C3)CC(n3ncnn3)(C5)C4)cc2s1. The lowest BCUT2D eigenvalue weighted by Gasteiger charge is -2.60. The number of aryl methyl sites for hydroxylation is 1. The second-order valence-electron chi connectivity index (χ2n) is 9.06. The lowest BCUT2D eigenvalue weighted by molar-refractivity contribution is -0.152. The molecule has 4 aliphatic carbocycles. The van der Waals surface area contributed by atoms with Gasteiger partial charge in [0.25, 0.3) is 0 Å². The number of carbonyl (C=O) groups is 1. The molecule has 8 heteroatoms. The zero-order valence-corrected chi connectivity index (χ0v) is 16.6. The van der Waals surface area contributed by atoms with Crippen molar-refractivity contribution in [3.63, 3.8) is 0 Å². The first-order valence-electron chi connectivity index (χ1n) is 9.96. The maximum atomic E-state index is 13.5. The first-order chi connectivity index (χ1) is 13.5. The average molecular weight is 395 g/mol. The minimum absolute atomic E-state index is 0.142. The van der Waals surface area contributed by atoms with Crippen molar-refractivity contribution in [2.24, 2.45) is 17.3 Å². The fourth-order valence-electron chi connectivity index (χ4n) is 6.48. The van der Waals surface area contributed by atoms with Gasteiger partial charge in [-0.2, -0.15) is 4.80 Å². The molecular weight excluding hydrogens is 372 g/mol. The molecule has 4 saturated carbocycles. The highest BCUT2D eigenvalue weighted by Gasteiger charge is 2.62. The van der Waals surface area contributed by atoms with Crippen LogP contribution in [-0.2, 0) is 10.3 Å². The Bertz CT molecular complexity index is 1060. The molecule has 144 valence electrons. The van der Waals surface area contributed by atoms with E-state index in [0.29, 0.717) is 11.8 Å². The summed E-state index contributed by atoms with van der Waals surface area (Å²) >= 11 is 1.66. The summed E-state index contributed by atoms with van der Waals surface area (Å²) in [5, 5.41) is 16.8. The summed E-state index contributed by atoms with van der Waals surface area (Å²) in [4.78, 5) is 19.8. The van der Waals surface area contributed by atoms with Crippen molar-refractivity contribution in [2.45, 2.75) is 51.0 Å². The van der Waals surface area contributed by atoms with Crippen molar-refractivity contribution in [2.75, 3.05) is 5.32 Å². The molecule has 2 unspecified atom stereocenters. The monoisotopic (exact) mass is 394 g/mol. The van der Waals surface area contributed by atoms with Gasteiger partial charge in [0.15, 0.2) is 6.33 Å². The maximum absolute atomic E-state index is 13.5. The Morgan fingerprint density at radius 3 is 2.82 bits per heavy atom. The molecule has 3 aromatic rings. The van der Waals surface area contributed by atoms with Crippen molar-refractivity contribution >= 4 is 33.1 Å². The summed E-state index contributed by atoms with van der Waals surface area (Å²) in [6.45, 7) is 2.01.